The third-order valence-electron chi connectivity index (χ3n) is 3.21. The highest BCUT2D eigenvalue weighted by molar-refractivity contribution is 6.33. The second-order valence-corrected chi connectivity index (χ2v) is 5.50. The van der Waals surface area contributed by atoms with Crippen molar-refractivity contribution in [2.75, 3.05) is 5.32 Å². The molecule has 0 unspecified atom stereocenters. The van der Waals surface area contributed by atoms with E-state index in [1.165, 1.54) is 19.1 Å². The first-order valence-electron chi connectivity index (χ1n) is 7.12. The van der Waals surface area contributed by atoms with Crippen LogP contribution in [0.3, 0.4) is 0 Å². The monoisotopic (exact) mass is 371 g/mol. The van der Waals surface area contributed by atoms with Gasteiger partial charge in [-0.05, 0) is 37.3 Å². The molecule has 0 spiro atoms. The first kappa shape index (κ1) is 18.8. The Balaban J connectivity index is 2.07. The van der Waals surface area contributed by atoms with Crippen molar-refractivity contribution in [2.45, 2.75) is 19.2 Å². The molecule has 0 fully saturated rings. The lowest BCUT2D eigenvalue weighted by Gasteiger charge is -2.15. The molecule has 0 aliphatic carbocycles. The summed E-state index contributed by atoms with van der Waals surface area (Å²) in [5.41, 5.74) is -0.926. The number of carbonyl (C=O) groups excluding carboxylic acids is 2. The molecule has 0 saturated heterocycles. The summed E-state index contributed by atoms with van der Waals surface area (Å²) in [4.78, 5) is 24.0. The number of hydrogen-bond donors (Lipinski definition) is 1. The van der Waals surface area contributed by atoms with Crippen LogP contribution in [0, 0.1) is 0 Å². The van der Waals surface area contributed by atoms with Gasteiger partial charge in [0.05, 0.1) is 21.8 Å². The number of halogens is 4. The van der Waals surface area contributed by atoms with Crippen LogP contribution in [0.5, 0.6) is 0 Å². The molecule has 2 rings (SSSR count). The highest BCUT2D eigenvalue weighted by Gasteiger charge is 2.31. The van der Waals surface area contributed by atoms with Gasteiger partial charge in [-0.25, -0.2) is 4.79 Å². The van der Waals surface area contributed by atoms with Crippen LogP contribution in [0.4, 0.5) is 18.9 Å². The number of alkyl halides is 3. The molecule has 25 heavy (non-hydrogen) atoms. The van der Waals surface area contributed by atoms with Gasteiger partial charge in [0, 0.05) is 0 Å². The highest BCUT2D eigenvalue weighted by atomic mass is 35.5. The number of carbonyl (C=O) groups is 2. The molecule has 0 saturated carbocycles. The Labute approximate surface area is 146 Å². The highest BCUT2D eigenvalue weighted by Crippen LogP contribution is 2.33. The van der Waals surface area contributed by atoms with Crippen molar-refractivity contribution in [1.29, 1.82) is 0 Å². The Morgan fingerprint density at radius 3 is 2.36 bits per heavy atom. The van der Waals surface area contributed by atoms with Gasteiger partial charge < -0.3 is 10.1 Å². The number of benzene rings is 2. The number of ether oxygens (including phenoxy) is 1. The Morgan fingerprint density at radius 1 is 1.12 bits per heavy atom. The normalized spacial score (nSPS) is 12.4. The second kappa shape index (κ2) is 7.57. The fourth-order valence-corrected chi connectivity index (χ4v) is 2.05. The quantitative estimate of drug-likeness (QED) is 0.803. The zero-order valence-electron chi connectivity index (χ0n) is 12.9. The van der Waals surface area contributed by atoms with Gasteiger partial charge in [-0.2, -0.15) is 13.2 Å². The van der Waals surface area contributed by atoms with Crippen LogP contribution in [-0.2, 0) is 15.7 Å². The molecule has 8 heteroatoms. The Bertz CT molecular complexity index is 778. The fourth-order valence-electron chi connectivity index (χ4n) is 1.89. The molecule has 2 aromatic carbocycles. The summed E-state index contributed by atoms with van der Waals surface area (Å²) in [5, 5.41) is 2.16. The molecule has 0 aliphatic rings. The van der Waals surface area contributed by atoms with E-state index in [0.29, 0.717) is 6.07 Å². The summed E-state index contributed by atoms with van der Waals surface area (Å²) in [5.74, 6) is -1.52. The van der Waals surface area contributed by atoms with Gasteiger partial charge in [0.2, 0.25) is 0 Å². The molecule has 0 aliphatic heterocycles. The van der Waals surface area contributed by atoms with Crippen molar-refractivity contribution in [1.82, 2.24) is 0 Å². The van der Waals surface area contributed by atoms with E-state index in [9.17, 15) is 22.8 Å². The summed E-state index contributed by atoms with van der Waals surface area (Å²) < 4.78 is 43.2. The van der Waals surface area contributed by atoms with Crippen LogP contribution < -0.4 is 5.32 Å². The number of amides is 1. The van der Waals surface area contributed by atoms with Gasteiger partial charge >= 0.3 is 12.1 Å². The molecular formula is C17H13ClF3NO3. The number of hydrogen-bond acceptors (Lipinski definition) is 3. The van der Waals surface area contributed by atoms with E-state index in [1.807, 2.05) is 0 Å². The van der Waals surface area contributed by atoms with Gasteiger partial charge in [0.25, 0.3) is 5.91 Å². The first-order chi connectivity index (χ1) is 11.7. The molecule has 1 N–H and O–H groups in total. The summed E-state index contributed by atoms with van der Waals surface area (Å²) in [6.07, 6.45) is -5.80. The lowest BCUT2D eigenvalue weighted by atomic mass is 10.2. The Morgan fingerprint density at radius 2 is 1.76 bits per heavy atom. The molecule has 1 atom stereocenters. The summed E-state index contributed by atoms with van der Waals surface area (Å²) in [6.45, 7) is 1.30. The average molecular weight is 372 g/mol. The molecule has 1 amide bonds. The summed E-state index contributed by atoms with van der Waals surface area (Å²) >= 11 is 5.81. The topological polar surface area (TPSA) is 55.4 Å². The van der Waals surface area contributed by atoms with E-state index in [1.54, 1.807) is 18.2 Å². The summed E-state index contributed by atoms with van der Waals surface area (Å²) in [6, 6.07) is 10.5. The maximum atomic E-state index is 12.7. The van der Waals surface area contributed by atoms with Crippen LogP contribution in [0.25, 0.3) is 0 Å². The largest absolute Gasteiger partial charge is 0.449 e. The molecule has 2 aromatic rings. The van der Waals surface area contributed by atoms with E-state index in [4.69, 9.17) is 16.3 Å². The van der Waals surface area contributed by atoms with Crippen LogP contribution in [0.15, 0.2) is 48.5 Å². The molecule has 0 aromatic heterocycles. The minimum atomic E-state index is -4.57. The van der Waals surface area contributed by atoms with Crippen LogP contribution in [0.2, 0.25) is 5.02 Å². The smallest absolute Gasteiger partial charge is 0.416 e. The molecule has 132 valence electrons. The fraction of sp³-hybridized carbons (Fsp3) is 0.176. The summed E-state index contributed by atoms with van der Waals surface area (Å²) in [7, 11) is 0. The Hall–Kier alpha value is -2.54. The minimum Gasteiger partial charge on any atom is -0.449 e. The molecule has 0 heterocycles. The number of esters is 1. The van der Waals surface area contributed by atoms with Crippen molar-refractivity contribution in [3.8, 4) is 0 Å². The Kier molecular flexibility index (Phi) is 5.69. The third-order valence-corrected chi connectivity index (χ3v) is 3.54. The number of rotatable bonds is 4. The molecule has 0 radical (unpaired) electrons. The van der Waals surface area contributed by atoms with Crippen LogP contribution >= 0.6 is 11.6 Å². The first-order valence-corrected chi connectivity index (χ1v) is 7.50. The third kappa shape index (κ3) is 4.96. The van der Waals surface area contributed by atoms with E-state index in [-0.39, 0.29) is 16.3 Å². The van der Waals surface area contributed by atoms with Crippen LogP contribution in [-0.4, -0.2) is 18.0 Å². The maximum absolute atomic E-state index is 12.7. The van der Waals surface area contributed by atoms with E-state index in [2.05, 4.69) is 5.32 Å². The molecule has 4 nitrogen and oxygen atoms in total. The van der Waals surface area contributed by atoms with Crippen molar-refractivity contribution < 1.29 is 27.5 Å². The standard InChI is InChI=1S/C17H13ClF3NO3/c1-10(25-16(24)11-5-3-2-4-6-11)15(23)22-14-9-12(17(19,20)21)7-8-13(14)18/h2-10H,1H3,(H,22,23)/t10-/m1/s1. The number of nitrogens with one attached hydrogen (secondary N) is 1. The van der Waals surface area contributed by atoms with Gasteiger partial charge in [-0.1, -0.05) is 29.8 Å². The number of anilines is 1. The zero-order chi connectivity index (χ0) is 18.6. The average Bonchev–Trinajstić information content (AvgIpc) is 2.56. The minimum absolute atomic E-state index is 0.0667. The van der Waals surface area contributed by atoms with E-state index in [0.717, 1.165) is 12.1 Å². The van der Waals surface area contributed by atoms with Crippen molar-refractivity contribution in [3.63, 3.8) is 0 Å². The lowest BCUT2D eigenvalue weighted by molar-refractivity contribution is -0.137. The van der Waals surface area contributed by atoms with Gasteiger partial charge in [0.15, 0.2) is 6.10 Å². The van der Waals surface area contributed by atoms with Crippen molar-refractivity contribution >= 4 is 29.2 Å². The van der Waals surface area contributed by atoms with Gasteiger partial charge in [-0.3, -0.25) is 4.79 Å². The SMILES string of the molecule is C[C@@H](OC(=O)c1ccccc1)C(=O)Nc1cc(C(F)(F)F)ccc1Cl. The van der Waals surface area contributed by atoms with Crippen LogP contribution in [0.1, 0.15) is 22.8 Å². The predicted octanol–water partition coefficient (Wildman–Crippen LogP) is 4.54. The zero-order valence-corrected chi connectivity index (χ0v) is 13.7. The second-order valence-electron chi connectivity index (χ2n) is 5.10. The predicted molar refractivity (Wildman–Crippen MR) is 86.4 cm³/mol. The molecular weight excluding hydrogens is 359 g/mol. The lowest BCUT2D eigenvalue weighted by Crippen LogP contribution is -2.30. The van der Waals surface area contributed by atoms with Gasteiger partial charge in [-0.15, -0.1) is 0 Å². The van der Waals surface area contributed by atoms with Crippen molar-refractivity contribution in [2.24, 2.45) is 0 Å². The van der Waals surface area contributed by atoms with E-state index >= 15 is 0 Å². The van der Waals surface area contributed by atoms with E-state index < -0.39 is 29.7 Å². The molecule has 0 bridgehead atoms. The maximum Gasteiger partial charge on any atom is 0.416 e. The van der Waals surface area contributed by atoms with Crippen molar-refractivity contribution in [3.05, 3.63) is 64.7 Å². The van der Waals surface area contributed by atoms with Gasteiger partial charge in [0.1, 0.15) is 0 Å².